The lowest BCUT2D eigenvalue weighted by molar-refractivity contribution is -0.118. The number of carbonyl (C=O) groups excluding carboxylic acids is 1. The van der Waals surface area contributed by atoms with E-state index in [-0.39, 0.29) is 23.2 Å². The number of Topliss-reactive ketones (excluding diaryl/α,β-unsaturated/α-hetero) is 1. The smallest absolute Gasteiger partial charge is 0.252 e. The Balaban J connectivity index is 3.15. The van der Waals surface area contributed by atoms with Crippen molar-refractivity contribution in [2.75, 3.05) is 5.73 Å². The number of rotatable bonds is 2. The number of aromatic nitrogens is 2. The van der Waals surface area contributed by atoms with E-state index in [9.17, 15) is 9.59 Å². The Labute approximate surface area is 75.0 Å². The van der Waals surface area contributed by atoms with Crippen molar-refractivity contribution in [1.29, 1.82) is 0 Å². The molecule has 0 saturated heterocycles. The predicted octanol–water partition coefficient (Wildman–Crippen LogP) is 0.0446. The van der Waals surface area contributed by atoms with Gasteiger partial charge in [-0.05, 0) is 13.8 Å². The van der Waals surface area contributed by atoms with Gasteiger partial charge < -0.3 is 5.73 Å². The zero-order valence-electron chi connectivity index (χ0n) is 7.50. The molecule has 1 unspecified atom stereocenters. The van der Waals surface area contributed by atoms with Gasteiger partial charge in [0.25, 0.3) is 5.56 Å². The van der Waals surface area contributed by atoms with E-state index in [1.54, 1.807) is 6.92 Å². The van der Waals surface area contributed by atoms with Crippen molar-refractivity contribution in [2.45, 2.75) is 19.8 Å². The molecule has 1 heterocycles. The highest BCUT2D eigenvalue weighted by Gasteiger charge is 2.12. The Hall–Kier alpha value is -1.65. The van der Waals surface area contributed by atoms with E-state index >= 15 is 0 Å². The normalized spacial score (nSPS) is 12.5. The molecule has 0 amide bonds. The molecule has 70 valence electrons. The fourth-order valence-corrected chi connectivity index (χ4v) is 0.926. The summed E-state index contributed by atoms with van der Waals surface area (Å²) in [7, 11) is 0. The van der Waals surface area contributed by atoms with Crippen molar-refractivity contribution in [3.63, 3.8) is 0 Å². The second-order valence-electron chi connectivity index (χ2n) is 2.89. The van der Waals surface area contributed by atoms with Crippen LogP contribution in [0, 0.1) is 0 Å². The number of nitrogen functional groups attached to an aromatic ring is 1. The second-order valence-corrected chi connectivity index (χ2v) is 2.89. The summed E-state index contributed by atoms with van der Waals surface area (Å²) in [6, 6.07) is 1.28. The molecule has 0 aliphatic rings. The molecule has 1 atom stereocenters. The van der Waals surface area contributed by atoms with Gasteiger partial charge in [0.05, 0.1) is 11.6 Å². The van der Waals surface area contributed by atoms with Crippen molar-refractivity contribution in [1.82, 2.24) is 9.97 Å². The number of nitrogens with zero attached hydrogens (tertiary/aromatic N) is 1. The molecule has 5 heteroatoms. The van der Waals surface area contributed by atoms with Crippen LogP contribution in [0.3, 0.4) is 0 Å². The molecule has 0 bridgehead atoms. The lowest BCUT2D eigenvalue weighted by Gasteiger charge is -2.05. The summed E-state index contributed by atoms with van der Waals surface area (Å²) < 4.78 is 0. The van der Waals surface area contributed by atoms with E-state index < -0.39 is 0 Å². The number of carbonyl (C=O) groups is 1. The summed E-state index contributed by atoms with van der Waals surface area (Å²) in [6.07, 6.45) is 0. The number of aromatic amines is 1. The molecule has 1 rings (SSSR count). The maximum atomic E-state index is 11.0. The fraction of sp³-hybridized carbons (Fsp3) is 0.375. The number of H-pyrrole nitrogens is 1. The van der Waals surface area contributed by atoms with Crippen LogP contribution in [0.1, 0.15) is 25.5 Å². The molecular weight excluding hydrogens is 170 g/mol. The van der Waals surface area contributed by atoms with Crippen molar-refractivity contribution in [3.8, 4) is 0 Å². The molecule has 3 N–H and O–H groups in total. The Kier molecular flexibility index (Phi) is 2.46. The fourth-order valence-electron chi connectivity index (χ4n) is 0.926. The summed E-state index contributed by atoms with van der Waals surface area (Å²) in [5.41, 5.74) is 5.39. The maximum absolute atomic E-state index is 11.0. The highest BCUT2D eigenvalue weighted by Crippen LogP contribution is 2.11. The van der Waals surface area contributed by atoms with Gasteiger partial charge in [-0.25, -0.2) is 4.98 Å². The first-order valence-electron chi connectivity index (χ1n) is 3.88. The molecule has 0 fully saturated rings. The van der Waals surface area contributed by atoms with E-state index in [0.29, 0.717) is 5.69 Å². The van der Waals surface area contributed by atoms with Gasteiger partial charge in [0.15, 0.2) is 0 Å². The molecule has 1 aromatic rings. The van der Waals surface area contributed by atoms with Crippen LogP contribution in [0.2, 0.25) is 0 Å². The van der Waals surface area contributed by atoms with E-state index in [4.69, 9.17) is 5.73 Å². The van der Waals surface area contributed by atoms with Gasteiger partial charge in [-0.15, -0.1) is 0 Å². The summed E-state index contributed by atoms with van der Waals surface area (Å²) in [5, 5.41) is 0. The topological polar surface area (TPSA) is 88.8 Å². The number of anilines is 1. The molecule has 1 aromatic heterocycles. The SMILES string of the molecule is CC(=O)C(C)c1cc(=O)[nH]c(N)n1. The Morgan fingerprint density at radius 3 is 2.77 bits per heavy atom. The van der Waals surface area contributed by atoms with Gasteiger partial charge in [-0.1, -0.05) is 0 Å². The van der Waals surface area contributed by atoms with E-state index in [2.05, 4.69) is 9.97 Å². The average molecular weight is 181 g/mol. The van der Waals surface area contributed by atoms with Crippen LogP contribution >= 0.6 is 0 Å². The lowest BCUT2D eigenvalue weighted by Crippen LogP contribution is -2.16. The van der Waals surface area contributed by atoms with Crippen LogP contribution < -0.4 is 11.3 Å². The van der Waals surface area contributed by atoms with Crippen LogP contribution in [0.4, 0.5) is 5.95 Å². The predicted molar refractivity (Wildman–Crippen MR) is 48.4 cm³/mol. The number of nitrogens with two attached hydrogens (primary N) is 1. The van der Waals surface area contributed by atoms with Crippen molar-refractivity contribution in [2.24, 2.45) is 0 Å². The third kappa shape index (κ3) is 2.14. The Bertz CT molecular complexity index is 383. The molecule has 0 aliphatic heterocycles. The van der Waals surface area contributed by atoms with Crippen LogP contribution in [0.25, 0.3) is 0 Å². The van der Waals surface area contributed by atoms with Gasteiger partial charge in [-0.3, -0.25) is 14.6 Å². The number of ketones is 1. The van der Waals surface area contributed by atoms with E-state index in [0.717, 1.165) is 0 Å². The zero-order valence-corrected chi connectivity index (χ0v) is 7.50. The minimum Gasteiger partial charge on any atom is -0.369 e. The van der Waals surface area contributed by atoms with Crippen LogP contribution in [-0.4, -0.2) is 15.8 Å². The molecule has 0 saturated carbocycles. The summed E-state index contributed by atoms with van der Waals surface area (Å²) in [4.78, 5) is 28.1. The quantitative estimate of drug-likeness (QED) is 0.674. The molecular formula is C8H11N3O2. The van der Waals surface area contributed by atoms with Gasteiger partial charge in [-0.2, -0.15) is 0 Å². The van der Waals surface area contributed by atoms with Crippen LogP contribution in [-0.2, 0) is 4.79 Å². The van der Waals surface area contributed by atoms with Gasteiger partial charge in [0.1, 0.15) is 5.78 Å². The molecule has 0 aromatic carbocycles. The van der Waals surface area contributed by atoms with Gasteiger partial charge >= 0.3 is 0 Å². The zero-order chi connectivity index (χ0) is 10.0. The number of hydrogen-bond donors (Lipinski definition) is 2. The summed E-state index contributed by atoms with van der Waals surface area (Å²) in [5.74, 6) is -0.391. The van der Waals surface area contributed by atoms with Gasteiger partial charge in [0.2, 0.25) is 5.95 Å². The Morgan fingerprint density at radius 1 is 1.69 bits per heavy atom. The number of nitrogens with one attached hydrogen (secondary N) is 1. The maximum Gasteiger partial charge on any atom is 0.252 e. The van der Waals surface area contributed by atoms with Crippen LogP contribution in [0.15, 0.2) is 10.9 Å². The highest BCUT2D eigenvalue weighted by molar-refractivity contribution is 5.82. The third-order valence-electron chi connectivity index (χ3n) is 1.83. The monoisotopic (exact) mass is 181 g/mol. The molecule has 5 nitrogen and oxygen atoms in total. The van der Waals surface area contributed by atoms with Crippen molar-refractivity contribution < 1.29 is 4.79 Å². The van der Waals surface area contributed by atoms with Crippen molar-refractivity contribution >= 4 is 11.7 Å². The highest BCUT2D eigenvalue weighted by atomic mass is 16.1. The van der Waals surface area contributed by atoms with Crippen LogP contribution in [0.5, 0.6) is 0 Å². The third-order valence-corrected chi connectivity index (χ3v) is 1.83. The lowest BCUT2D eigenvalue weighted by atomic mass is 10.0. The number of hydrogen-bond acceptors (Lipinski definition) is 4. The second kappa shape index (κ2) is 3.38. The average Bonchev–Trinajstić information content (AvgIpc) is 2.01. The van der Waals surface area contributed by atoms with E-state index in [1.165, 1.54) is 13.0 Å². The van der Waals surface area contributed by atoms with Crippen molar-refractivity contribution in [3.05, 3.63) is 22.1 Å². The van der Waals surface area contributed by atoms with Gasteiger partial charge in [0, 0.05) is 6.07 Å². The first-order valence-corrected chi connectivity index (χ1v) is 3.88. The molecule has 0 radical (unpaired) electrons. The first-order chi connectivity index (χ1) is 6.00. The minimum absolute atomic E-state index is 0.0376. The first kappa shape index (κ1) is 9.44. The molecule has 0 spiro atoms. The van der Waals surface area contributed by atoms with E-state index in [1.807, 2.05) is 0 Å². The molecule has 13 heavy (non-hydrogen) atoms. The molecule has 0 aliphatic carbocycles. The Morgan fingerprint density at radius 2 is 2.31 bits per heavy atom. The minimum atomic E-state index is -0.385. The largest absolute Gasteiger partial charge is 0.369 e. The summed E-state index contributed by atoms with van der Waals surface area (Å²) in [6.45, 7) is 3.13. The standard InChI is InChI=1S/C8H11N3O2/c1-4(5(2)12)6-3-7(13)11-8(9)10-6/h3-4H,1-2H3,(H3,9,10,11,13). The summed E-state index contributed by atoms with van der Waals surface area (Å²) >= 11 is 0.